The van der Waals surface area contributed by atoms with Gasteiger partial charge in [-0.25, -0.2) is 0 Å². The maximum absolute atomic E-state index is 11.2. The summed E-state index contributed by atoms with van der Waals surface area (Å²) in [4.78, 5) is 22.1. The third kappa shape index (κ3) is 1.77. The van der Waals surface area contributed by atoms with E-state index in [9.17, 15) is 9.59 Å². The Kier molecular flexibility index (Phi) is 3.13. The second-order valence-electron chi connectivity index (χ2n) is 2.61. The molecule has 13 heavy (non-hydrogen) atoms. The Labute approximate surface area is 95.8 Å². The standard InChI is InChI=1S/C10H6O2.Pb.2H/c11-9-6-5-7-3-1-2-4-8(7)10(9)12;;;/h1-6H;;;. The van der Waals surface area contributed by atoms with E-state index in [0.717, 1.165) is 5.56 Å². The fraction of sp³-hybridized carbons (Fsp3) is 0. The minimum atomic E-state index is -0.436. The van der Waals surface area contributed by atoms with Crippen molar-refractivity contribution in [1.29, 1.82) is 0 Å². The molecular formula is C10H8O2Pb. The number of carbonyl (C=O) groups is 2. The van der Waals surface area contributed by atoms with Crippen LogP contribution in [0.3, 0.4) is 0 Å². The molecule has 1 aromatic rings. The van der Waals surface area contributed by atoms with Crippen LogP contribution in [0.1, 0.15) is 15.9 Å². The topological polar surface area (TPSA) is 34.1 Å². The number of rotatable bonds is 0. The van der Waals surface area contributed by atoms with Crippen molar-refractivity contribution in [2.24, 2.45) is 0 Å². The quantitative estimate of drug-likeness (QED) is 0.496. The van der Waals surface area contributed by atoms with E-state index in [-0.39, 0.29) is 27.3 Å². The molecule has 0 saturated heterocycles. The molecule has 1 aliphatic carbocycles. The fourth-order valence-corrected chi connectivity index (χ4v) is 1.22. The molecule has 0 saturated carbocycles. The Hall–Kier alpha value is -0.778. The third-order valence-corrected chi connectivity index (χ3v) is 1.84. The SMILES string of the molecule is O=C1C=Cc2ccccc2C1=O.[PbH2]. The summed E-state index contributed by atoms with van der Waals surface area (Å²) in [7, 11) is 0. The molecule has 1 aromatic carbocycles. The summed E-state index contributed by atoms with van der Waals surface area (Å²) in [5.74, 6) is -0.846. The third-order valence-electron chi connectivity index (χ3n) is 1.84. The predicted molar refractivity (Wildman–Crippen MR) is 53.4 cm³/mol. The van der Waals surface area contributed by atoms with Crippen molar-refractivity contribution in [3.05, 3.63) is 41.5 Å². The van der Waals surface area contributed by atoms with Gasteiger partial charge in [0.2, 0.25) is 11.6 Å². The van der Waals surface area contributed by atoms with Crippen LogP contribution in [0.4, 0.5) is 0 Å². The van der Waals surface area contributed by atoms with Gasteiger partial charge in [0.05, 0.1) is 0 Å². The van der Waals surface area contributed by atoms with Crippen molar-refractivity contribution < 1.29 is 9.59 Å². The number of Topliss-reactive ketones (excluding diaryl/α,β-unsaturated/α-hetero) is 1. The van der Waals surface area contributed by atoms with Crippen LogP contribution in [0, 0.1) is 0 Å². The van der Waals surface area contributed by atoms with Gasteiger partial charge in [-0.1, -0.05) is 30.3 Å². The molecule has 0 fully saturated rings. The van der Waals surface area contributed by atoms with Crippen LogP contribution in [-0.2, 0) is 4.79 Å². The predicted octanol–water partition coefficient (Wildman–Crippen LogP) is 0.549. The Balaban J connectivity index is 0.000000845. The summed E-state index contributed by atoms with van der Waals surface area (Å²) in [6, 6.07) is 7.07. The van der Waals surface area contributed by atoms with Crippen LogP contribution in [0.5, 0.6) is 0 Å². The van der Waals surface area contributed by atoms with E-state index in [2.05, 4.69) is 0 Å². The molecule has 0 bridgehead atoms. The molecule has 0 atom stereocenters. The second kappa shape index (κ2) is 3.95. The maximum atomic E-state index is 11.2. The molecule has 2 rings (SSSR count). The van der Waals surface area contributed by atoms with Gasteiger partial charge in [0.1, 0.15) is 0 Å². The van der Waals surface area contributed by atoms with Crippen molar-refractivity contribution in [1.82, 2.24) is 0 Å². The number of benzene rings is 1. The molecule has 3 heteroatoms. The summed E-state index contributed by atoms with van der Waals surface area (Å²) in [6.45, 7) is 0. The van der Waals surface area contributed by atoms with Crippen molar-refractivity contribution in [3.8, 4) is 0 Å². The summed E-state index contributed by atoms with van der Waals surface area (Å²) in [6.07, 6.45) is 2.98. The van der Waals surface area contributed by atoms with E-state index < -0.39 is 11.6 Å². The average Bonchev–Trinajstić information content (AvgIpc) is 2.12. The number of fused-ring (bicyclic) bond motifs is 1. The van der Waals surface area contributed by atoms with E-state index in [1.165, 1.54) is 6.08 Å². The molecule has 0 aromatic heterocycles. The Bertz CT molecular complexity index is 394. The second-order valence-corrected chi connectivity index (χ2v) is 2.61. The van der Waals surface area contributed by atoms with E-state index in [1.807, 2.05) is 12.1 Å². The first-order valence-electron chi connectivity index (χ1n) is 3.65. The van der Waals surface area contributed by atoms with Gasteiger partial charge in [0.25, 0.3) is 0 Å². The summed E-state index contributed by atoms with van der Waals surface area (Å²) in [5.41, 5.74) is 1.33. The van der Waals surface area contributed by atoms with Gasteiger partial charge < -0.3 is 0 Å². The Morgan fingerprint density at radius 1 is 0.923 bits per heavy atom. The van der Waals surface area contributed by atoms with Gasteiger partial charge in [-0.3, -0.25) is 9.59 Å². The molecule has 64 valence electrons. The van der Waals surface area contributed by atoms with Crippen LogP contribution in [0.25, 0.3) is 6.08 Å². The van der Waals surface area contributed by atoms with Crippen LogP contribution in [0.2, 0.25) is 0 Å². The summed E-state index contributed by atoms with van der Waals surface area (Å²) >= 11 is 0. The van der Waals surface area contributed by atoms with E-state index in [1.54, 1.807) is 18.2 Å². The van der Waals surface area contributed by atoms with E-state index in [4.69, 9.17) is 0 Å². The van der Waals surface area contributed by atoms with Crippen LogP contribution < -0.4 is 0 Å². The minimum absolute atomic E-state index is 0. The van der Waals surface area contributed by atoms with Gasteiger partial charge in [-0.2, -0.15) is 0 Å². The molecule has 0 amide bonds. The zero-order valence-corrected chi connectivity index (χ0v) is 12.5. The molecular weight excluding hydrogens is 359 g/mol. The average molecular weight is 367 g/mol. The van der Waals surface area contributed by atoms with Crippen molar-refractivity contribution >= 4 is 44.9 Å². The molecule has 0 aliphatic heterocycles. The first kappa shape index (κ1) is 10.3. The van der Waals surface area contributed by atoms with Crippen molar-refractivity contribution in [2.45, 2.75) is 0 Å². The molecule has 0 N–H and O–H groups in total. The van der Waals surface area contributed by atoms with E-state index in [0.29, 0.717) is 5.56 Å². The van der Waals surface area contributed by atoms with Crippen LogP contribution in [0.15, 0.2) is 30.3 Å². The fourth-order valence-electron chi connectivity index (χ4n) is 1.22. The normalized spacial score (nSPS) is 13.5. The molecule has 0 unspecified atom stereocenters. The number of carbonyl (C=O) groups excluding carboxylic acids is 2. The van der Waals surface area contributed by atoms with Gasteiger partial charge in [-0.15, -0.1) is 0 Å². The molecule has 2 nitrogen and oxygen atoms in total. The molecule has 1 aliphatic rings. The van der Waals surface area contributed by atoms with Gasteiger partial charge in [0.15, 0.2) is 0 Å². The Morgan fingerprint density at radius 2 is 1.62 bits per heavy atom. The number of hydrogen-bond donors (Lipinski definition) is 0. The monoisotopic (exact) mass is 368 g/mol. The van der Waals surface area contributed by atoms with E-state index >= 15 is 0 Å². The summed E-state index contributed by atoms with van der Waals surface area (Å²) < 4.78 is 0. The van der Waals surface area contributed by atoms with Gasteiger partial charge >= 0.3 is 27.3 Å². The summed E-state index contributed by atoms with van der Waals surface area (Å²) in [5, 5.41) is 0. The first-order valence-corrected chi connectivity index (χ1v) is 3.65. The first-order chi connectivity index (χ1) is 5.79. The zero-order chi connectivity index (χ0) is 8.55. The van der Waals surface area contributed by atoms with Gasteiger partial charge in [-0.05, 0) is 11.6 Å². The van der Waals surface area contributed by atoms with Crippen LogP contribution in [-0.4, -0.2) is 38.9 Å². The zero-order valence-electron chi connectivity index (χ0n) is 6.99. The molecule has 0 spiro atoms. The number of allylic oxidation sites excluding steroid dienone is 1. The number of ketones is 2. The van der Waals surface area contributed by atoms with Crippen molar-refractivity contribution in [2.75, 3.05) is 0 Å². The van der Waals surface area contributed by atoms with Crippen molar-refractivity contribution in [3.63, 3.8) is 0 Å². The molecule has 0 heterocycles. The molecule has 2 radical (unpaired) electrons. The van der Waals surface area contributed by atoms with Gasteiger partial charge in [0, 0.05) is 5.56 Å². The number of hydrogen-bond acceptors (Lipinski definition) is 2. The Morgan fingerprint density at radius 3 is 2.38 bits per heavy atom. The van der Waals surface area contributed by atoms with Crippen LogP contribution >= 0.6 is 0 Å².